The minimum absolute atomic E-state index is 0.281. The molecule has 31 heavy (non-hydrogen) atoms. The normalized spacial score (nSPS) is 15.5. The number of urea groups is 1. The van der Waals surface area contributed by atoms with E-state index in [0.29, 0.717) is 23.8 Å². The zero-order valence-corrected chi connectivity index (χ0v) is 16.7. The number of carbonyl (C=O) groups is 1. The average Bonchev–Trinajstić information content (AvgIpc) is 3.42. The smallest absolute Gasteiger partial charge is 0.322 e. The van der Waals surface area contributed by atoms with Gasteiger partial charge < -0.3 is 19.7 Å². The van der Waals surface area contributed by atoms with Crippen molar-refractivity contribution in [2.45, 2.75) is 25.9 Å². The maximum absolute atomic E-state index is 13.5. The molecule has 0 saturated carbocycles. The standard InChI is InChI=1S/C22H19FN6O2/c1-13-5-7-14(8-6-13)20-27-21(31-28-20)19-10-17-18(25-12-24-17)11-29(19)22(30)26-16-4-2-3-15(23)9-16/h2-9,12,19H,10-11H2,1H3,(H,24,25)(H,26,30). The summed E-state index contributed by atoms with van der Waals surface area (Å²) in [5.74, 6) is 0.343. The van der Waals surface area contributed by atoms with Crippen molar-refractivity contribution in [1.29, 1.82) is 0 Å². The summed E-state index contributed by atoms with van der Waals surface area (Å²) in [6, 6.07) is 12.6. The van der Waals surface area contributed by atoms with E-state index in [9.17, 15) is 9.18 Å². The first-order valence-corrected chi connectivity index (χ1v) is 9.82. The number of aromatic nitrogens is 4. The molecule has 8 nitrogen and oxygen atoms in total. The molecule has 2 N–H and O–H groups in total. The van der Waals surface area contributed by atoms with Gasteiger partial charge in [0.05, 0.1) is 24.3 Å². The number of carbonyl (C=O) groups excluding carboxylic acids is 1. The van der Waals surface area contributed by atoms with Crippen LogP contribution in [0.5, 0.6) is 0 Å². The van der Waals surface area contributed by atoms with Gasteiger partial charge in [0.15, 0.2) is 0 Å². The highest BCUT2D eigenvalue weighted by Crippen LogP contribution is 2.32. The summed E-state index contributed by atoms with van der Waals surface area (Å²) in [7, 11) is 0. The lowest BCUT2D eigenvalue weighted by Crippen LogP contribution is -2.41. The Bertz CT molecular complexity index is 1230. The minimum Gasteiger partial charge on any atom is -0.347 e. The monoisotopic (exact) mass is 418 g/mol. The zero-order chi connectivity index (χ0) is 21.4. The number of halogens is 1. The number of amides is 2. The molecule has 0 aliphatic carbocycles. The first kappa shape index (κ1) is 19.0. The molecule has 1 aliphatic rings. The molecule has 1 aliphatic heterocycles. The summed E-state index contributed by atoms with van der Waals surface area (Å²) in [5, 5.41) is 6.84. The van der Waals surface area contributed by atoms with Crippen LogP contribution < -0.4 is 5.32 Å². The maximum Gasteiger partial charge on any atom is 0.322 e. The van der Waals surface area contributed by atoms with Crippen LogP contribution in [0.3, 0.4) is 0 Å². The van der Waals surface area contributed by atoms with E-state index in [1.54, 1.807) is 17.3 Å². The lowest BCUT2D eigenvalue weighted by Gasteiger charge is -2.32. The van der Waals surface area contributed by atoms with Crippen molar-refractivity contribution >= 4 is 11.7 Å². The van der Waals surface area contributed by atoms with E-state index < -0.39 is 17.9 Å². The number of imidazole rings is 1. The van der Waals surface area contributed by atoms with E-state index >= 15 is 0 Å². The number of H-pyrrole nitrogens is 1. The number of benzene rings is 2. The zero-order valence-electron chi connectivity index (χ0n) is 16.7. The highest BCUT2D eigenvalue weighted by molar-refractivity contribution is 5.89. The first-order chi connectivity index (χ1) is 15.1. The number of nitrogens with one attached hydrogen (secondary N) is 2. The van der Waals surface area contributed by atoms with Gasteiger partial charge in [-0.15, -0.1) is 0 Å². The van der Waals surface area contributed by atoms with Crippen molar-refractivity contribution in [3.8, 4) is 11.4 Å². The first-order valence-electron chi connectivity index (χ1n) is 9.82. The van der Waals surface area contributed by atoms with Crippen LogP contribution in [0.15, 0.2) is 59.4 Å². The van der Waals surface area contributed by atoms with E-state index in [0.717, 1.165) is 22.5 Å². The van der Waals surface area contributed by atoms with Gasteiger partial charge in [0.2, 0.25) is 11.7 Å². The van der Waals surface area contributed by atoms with Crippen molar-refractivity contribution in [3.63, 3.8) is 0 Å². The lowest BCUT2D eigenvalue weighted by atomic mass is 10.0. The lowest BCUT2D eigenvalue weighted by molar-refractivity contribution is 0.155. The molecule has 0 bridgehead atoms. The quantitative estimate of drug-likeness (QED) is 0.518. The molecule has 0 radical (unpaired) electrons. The summed E-state index contributed by atoms with van der Waals surface area (Å²) in [4.78, 5) is 26.6. The van der Waals surface area contributed by atoms with Crippen LogP contribution in [0, 0.1) is 12.7 Å². The molecule has 0 spiro atoms. The van der Waals surface area contributed by atoms with Crippen LogP contribution >= 0.6 is 0 Å². The number of anilines is 1. The van der Waals surface area contributed by atoms with Crippen molar-refractivity contribution < 1.29 is 13.7 Å². The molecule has 1 unspecified atom stereocenters. The molecule has 2 aromatic carbocycles. The van der Waals surface area contributed by atoms with Crippen molar-refractivity contribution in [2.75, 3.05) is 5.32 Å². The number of hydrogen-bond acceptors (Lipinski definition) is 5. The summed E-state index contributed by atoms with van der Waals surface area (Å²) in [6.45, 7) is 2.29. The highest BCUT2D eigenvalue weighted by Gasteiger charge is 2.36. The summed E-state index contributed by atoms with van der Waals surface area (Å²) in [5.41, 5.74) is 4.00. The number of fused-ring (bicyclic) bond motifs is 1. The van der Waals surface area contributed by atoms with Crippen LogP contribution in [-0.2, 0) is 13.0 Å². The molecule has 0 fully saturated rings. The van der Waals surface area contributed by atoms with Crippen LogP contribution in [0.1, 0.15) is 28.9 Å². The van der Waals surface area contributed by atoms with Gasteiger partial charge in [0.25, 0.3) is 0 Å². The molecule has 156 valence electrons. The van der Waals surface area contributed by atoms with E-state index in [2.05, 4.69) is 25.4 Å². The predicted molar refractivity (Wildman–Crippen MR) is 110 cm³/mol. The van der Waals surface area contributed by atoms with Gasteiger partial charge in [-0.25, -0.2) is 14.2 Å². The number of aromatic amines is 1. The summed E-state index contributed by atoms with van der Waals surface area (Å²) >= 11 is 0. The van der Waals surface area contributed by atoms with Crippen molar-refractivity contribution in [2.24, 2.45) is 0 Å². The molecular weight excluding hydrogens is 399 g/mol. The molecular formula is C22H19FN6O2. The Morgan fingerprint density at radius 3 is 2.90 bits per heavy atom. The highest BCUT2D eigenvalue weighted by atomic mass is 19.1. The minimum atomic E-state index is -0.504. The molecule has 0 saturated heterocycles. The van der Waals surface area contributed by atoms with E-state index in [-0.39, 0.29) is 6.54 Å². The number of nitrogens with zero attached hydrogens (tertiary/aromatic N) is 4. The molecule has 1 atom stereocenters. The van der Waals surface area contributed by atoms with Crippen LogP contribution in [0.25, 0.3) is 11.4 Å². The largest absolute Gasteiger partial charge is 0.347 e. The van der Waals surface area contributed by atoms with Crippen LogP contribution in [-0.4, -0.2) is 31.0 Å². The predicted octanol–water partition coefficient (Wildman–Crippen LogP) is 4.24. The van der Waals surface area contributed by atoms with Crippen LogP contribution in [0.4, 0.5) is 14.9 Å². The second-order valence-corrected chi connectivity index (χ2v) is 7.44. The SMILES string of the molecule is Cc1ccc(-c2noc(C3Cc4nc[nH]c4CN3C(=O)Nc3cccc(F)c3)n2)cc1. The summed E-state index contributed by atoms with van der Waals surface area (Å²) in [6.07, 6.45) is 2.02. The van der Waals surface area contributed by atoms with E-state index in [1.807, 2.05) is 31.2 Å². The number of hydrogen-bond donors (Lipinski definition) is 2. The number of aryl methyl sites for hydroxylation is 1. The van der Waals surface area contributed by atoms with Gasteiger partial charge in [0.1, 0.15) is 11.9 Å². The third-order valence-electron chi connectivity index (χ3n) is 5.27. The Labute approximate surface area is 177 Å². The van der Waals surface area contributed by atoms with Gasteiger partial charge in [-0.05, 0) is 25.1 Å². The van der Waals surface area contributed by atoms with Crippen molar-refractivity contribution in [1.82, 2.24) is 25.0 Å². The molecule has 5 rings (SSSR count). The Kier molecular flexibility index (Phi) is 4.70. The van der Waals surface area contributed by atoms with Gasteiger partial charge in [-0.3, -0.25) is 0 Å². The third-order valence-corrected chi connectivity index (χ3v) is 5.27. The Morgan fingerprint density at radius 2 is 2.10 bits per heavy atom. The van der Waals surface area contributed by atoms with Crippen molar-refractivity contribution in [3.05, 3.63) is 83.5 Å². The number of rotatable bonds is 3. The second kappa shape index (κ2) is 7.67. The molecule has 9 heteroatoms. The topological polar surface area (TPSA) is 99.9 Å². The van der Waals surface area contributed by atoms with Crippen LogP contribution in [0.2, 0.25) is 0 Å². The third kappa shape index (κ3) is 3.77. The van der Waals surface area contributed by atoms with Gasteiger partial charge >= 0.3 is 6.03 Å². The Hall–Kier alpha value is -4.01. The van der Waals surface area contributed by atoms with Gasteiger partial charge in [0, 0.05) is 17.7 Å². The molecule has 2 amide bonds. The van der Waals surface area contributed by atoms with E-state index in [4.69, 9.17) is 4.52 Å². The molecule has 4 aromatic rings. The fraction of sp³-hybridized carbons (Fsp3) is 0.182. The average molecular weight is 418 g/mol. The van der Waals surface area contributed by atoms with Gasteiger partial charge in [-0.1, -0.05) is 41.1 Å². The Morgan fingerprint density at radius 1 is 1.26 bits per heavy atom. The molecule has 2 aromatic heterocycles. The maximum atomic E-state index is 13.5. The summed E-state index contributed by atoms with van der Waals surface area (Å²) < 4.78 is 19.1. The van der Waals surface area contributed by atoms with Gasteiger partial charge in [-0.2, -0.15) is 4.98 Å². The Balaban J connectivity index is 1.45. The molecule has 3 heterocycles. The van der Waals surface area contributed by atoms with E-state index in [1.165, 1.54) is 18.2 Å². The second-order valence-electron chi connectivity index (χ2n) is 7.44. The fourth-order valence-corrected chi connectivity index (χ4v) is 3.62. The fourth-order valence-electron chi connectivity index (χ4n) is 3.62.